The van der Waals surface area contributed by atoms with Crippen molar-refractivity contribution in [2.24, 2.45) is 0 Å². The van der Waals surface area contributed by atoms with E-state index in [2.05, 4.69) is 9.62 Å². The number of thioether (sulfide) groups is 1. The minimum Gasteiger partial charge on any atom is -0.493 e. The molecule has 2 heterocycles. The lowest BCUT2D eigenvalue weighted by Gasteiger charge is -2.25. The number of methoxy groups -OCH3 is 2. The molecule has 1 aromatic heterocycles. The maximum Gasteiger partial charge on any atom is 0.270 e. The van der Waals surface area contributed by atoms with Crippen molar-refractivity contribution in [2.75, 3.05) is 43.5 Å². The maximum atomic E-state index is 11.3. The van der Waals surface area contributed by atoms with Gasteiger partial charge in [0.15, 0.2) is 16.6 Å². The van der Waals surface area contributed by atoms with Gasteiger partial charge in [-0.15, -0.1) is 0 Å². The van der Waals surface area contributed by atoms with E-state index in [0.717, 1.165) is 57.3 Å². The van der Waals surface area contributed by atoms with Gasteiger partial charge in [-0.05, 0) is 30.1 Å². The summed E-state index contributed by atoms with van der Waals surface area (Å²) in [4.78, 5) is 20.2. The van der Waals surface area contributed by atoms with Crippen molar-refractivity contribution < 1.29 is 14.4 Å². The topological polar surface area (TPSA) is 89.8 Å². The first kappa shape index (κ1) is 23.7. The van der Waals surface area contributed by atoms with Crippen molar-refractivity contribution in [1.29, 1.82) is 0 Å². The smallest absolute Gasteiger partial charge is 0.270 e. The summed E-state index contributed by atoms with van der Waals surface area (Å²) in [6, 6.07) is 12.4. The third-order valence-electron chi connectivity index (χ3n) is 5.11. The van der Waals surface area contributed by atoms with Gasteiger partial charge in [0.25, 0.3) is 5.69 Å². The molecule has 0 radical (unpaired) electrons. The highest BCUT2D eigenvalue weighted by atomic mass is 32.2. The fraction of sp³-hybridized carbons (Fsp3) is 0.318. The lowest BCUT2D eigenvalue weighted by Crippen LogP contribution is -2.31. The van der Waals surface area contributed by atoms with Gasteiger partial charge in [-0.3, -0.25) is 15.0 Å². The van der Waals surface area contributed by atoms with Gasteiger partial charge in [0.2, 0.25) is 0 Å². The molecule has 0 aliphatic carbocycles. The maximum absolute atomic E-state index is 11.3. The van der Waals surface area contributed by atoms with Gasteiger partial charge in [0, 0.05) is 58.6 Å². The van der Waals surface area contributed by atoms with Crippen LogP contribution in [0.1, 0.15) is 4.88 Å². The minimum absolute atomic E-state index is 0.0648. The monoisotopic (exact) mass is 504 g/mol. The van der Waals surface area contributed by atoms with E-state index < -0.39 is 0 Å². The van der Waals surface area contributed by atoms with Crippen LogP contribution in [-0.2, 0) is 6.54 Å². The molecule has 0 spiro atoms. The zero-order chi connectivity index (χ0) is 23.2. The molecular weight excluding hydrogens is 480 g/mol. The molecule has 11 heteroatoms. The summed E-state index contributed by atoms with van der Waals surface area (Å²) in [5.41, 5.74) is 1.61. The lowest BCUT2D eigenvalue weighted by atomic mass is 10.1. The van der Waals surface area contributed by atoms with Gasteiger partial charge in [-0.1, -0.05) is 23.5 Å². The van der Waals surface area contributed by atoms with Crippen molar-refractivity contribution in [2.45, 2.75) is 11.4 Å². The number of rotatable bonds is 9. The van der Waals surface area contributed by atoms with Crippen molar-refractivity contribution in [3.63, 3.8) is 0 Å². The van der Waals surface area contributed by atoms with Gasteiger partial charge in [-0.25, -0.2) is 4.98 Å². The Morgan fingerprint density at radius 3 is 2.67 bits per heavy atom. The van der Waals surface area contributed by atoms with Gasteiger partial charge >= 0.3 is 0 Å². The van der Waals surface area contributed by atoms with E-state index in [1.807, 2.05) is 36.0 Å². The van der Waals surface area contributed by atoms with Crippen molar-refractivity contribution in [1.82, 2.24) is 9.88 Å². The Morgan fingerprint density at radius 2 is 1.94 bits per heavy atom. The van der Waals surface area contributed by atoms with Crippen LogP contribution < -0.4 is 14.2 Å². The van der Waals surface area contributed by atoms with E-state index in [1.54, 1.807) is 37.7 Å². The number of thiazole rings is 1. The molecule has 1 aliphatic rings. The standard InChI is InChI=1S/C22H24N4O4S3/c1-29-18-7-6-17(13-19(18)30-2)33-24-22-23-21(15-4-3-5-16(12-15)26(27)28)20(32-22)14-25-8-10-31-11-9-25/h3-7,12-13H,8-11,14H2,1-2H3,(H,23,24). The minimum atomic E-state index is -0.372. The summed E-state index contributed by atoms with van der Waals surface area (Å²) in [5.74, 6) is 3.56. The lowest BCUT2D eigenvalue weighted by molar-refractivity contribution is -0.384. The summed E-state index contributed by atoms with van der Waals surface area (Å²) < 4.78 is 14.0. The number of nitrogens with one attached hydrogen (secondary N) is 1. The van der Waals surface area contributed by atoms with Crippen LogP contribution in [0, 0.1) is 10.1 Å². The van der Waals surface area contributed by atoms with Crippen molar-refractivity contribution >= 4 is 45.9 Å². The summed E-state index contributed by atoms with van der Waals surface area (Å²) in [5, 5.41) is 12.0. The van der Waals surface area contributed by atoms with Gasteiger partial charge in [-0.2, -0.15) is 11.8 Å². The highest BCUT2D eigenvalue weighted by Gasteiger charge is 2.20. The second kappa shape index (κ2) is 11.1. The number of benzene rings is 2. The van der Waals surface area contributed by atoms with Crippen molar-refractivity contribution in [3.05, 3.63) is 57.5 Å². The van der Waals surface area contributed by atoms with Crippen LogP contribution in [0.25, 0.3) is 11.3 Å². The average molecular weight is 505 g/mol. The van der Waals surface area contributed by atoms with Crippen molar-refractivity contribution in [3.8, 4) is 22.8 Å². The Labute approximate surface area is 205 Å². The van der Waals surface area contributed by atoms with Crippen LogP contribution in [0.15, 0.2) is 47.4 Å². The molecule has 1 N–H and O–H groups in total. The highest BCUT2D eigenvalue weighted by Crippen LogP contribution is 2.37. The number of nitro groups is 1. The first-order valence-electron chi connectivity index (χ1n) is 10.3. The molecule has 0 amide bonds. The van der Waals surface area contributed by atoms with Crippen LogP contribution >= 0.6 is 35.0 Å². The molecule has 4 rings (SSSR count). The van der Waals surface area contributed by atoms with E-state index in [-0.39, 0.29) is 10.6 Å². The normalized spacial score (nSPS) is 14.1. The first-order valence-corrected chi connectivity index (χ1v) is 13.1. The molecule has 0 bridgehead atoms. The van der Waals surface area contributed by atoms with Crippen LogP contribution in [0.2, 0.25) is 0 Å². The third kappa shape index (κ3) is 5.91. The highest BCUT2D eigenvalue weighted by molar-refractivity contribution is 8.00. The second-order valence-electron chi connectivity index (χ2n) is 7.21. The molecule has 0 atom stereocenters. The Kier molecular flexibility index (Phi) is 7.97. The first-order chi connectivity index (χ1) is 16.1. The summed E-state index contributed by atoms with van der Waals surface area (Å²) in [6.07, 6.45) is 0. The number of non-ortho nitro benzene ring substituents is 1. The van der Waals surface area contributed by atoms with Crippen LogP contribution in [0.3, 0.4) is 0 Å². The Bertz CT molecular complexity index is 1120. The fourth-order valence-electron chi connectivity index (χ4n) is 3.44. The molecule has 1 aliphatic heterocycles. The van der Waals surface area contributed by atoms with E-state index >= 15 is 0 Å². The second-order valence-corrected chi connectivity index (χ2v) is 10.4. The number of aromatic nitrogens is 1. The van der Waals surface area contributed by atoms with Crippen LogP contribution in [0.4, 0.5) is 10.8 Å². The number of hydrogen-bond acceptors (Lipinski definition) is 10. The van der Waals surface area contributed by atoms with Gasteiger partial charge in [0.1, 0.15) is 0 Å². The predicted molar refractivity (Wildman–Crippen MR) is 136 cm³/mol. The zero-order valence-corrected chi connectivity index (χ0v) is 20.7. The van der Waals surface area contributed by atoms with E-state index in [1.165, 1.54) is 18.0 Å². The average Bonchev–Trinajstić information content (AvgIpc) is 3.25. The molecule has 0 saturated carbocycles. The molecule has 0 unspecified atom stereocenters. The SMILES string of the molecule is COc1ccc(SNc2nc(-c3cccc([N+](=O)[O-])c3)c(CN3CCSCC3)s2)cc1OC. The predicted octanol–water partition coefficient (Wildman–Crippen LogP) is 5.40. The Hall–Kier alpha value is -2.47. The summed E-state index contributed by atoms with van der Waals surface area (Å²) in [6.45, 7) is 2.83. The number of nitrogens with zero attached hydrogens (tertiary/aromatic N) is 3. The van der Waals surface area contributed by atoms with Gasteiger partial charge in [0.05, 0.1) is 24.8 Å². The molecule has 1 saturated heterocycles. The number of anilines is 1. The number of ether oxygens (including phenoxy) is 2. The van der Waals surface area contributed by atoms with E-state index in [9.17, 15) is 10.1 Å². The Balaban J connectivity index is 1.59. The molecule has 33 heavy (non-hydrogen) atoms. The number of nitro benzene ring substituents is 1. The van der Waals surface area contributed by atoms with Crippen LogP contribution in [-0.4, -0.2) is 53.6 Å². The summed E-state index contributed by atoms with van der Waals surface area (Å²) in [7, 11) is 3.22. The molecule has 8 nitrogen and oxygen atoms in total. The van der Waals surface area contributed by atoms with E-state index in [4.69, 9.17) is 14.5 Å². The van der Waals surface area contributed by atoms with E-state index in [0.29, 0.717) is 11.5 Å². The molecular formula is C22H24N4O4S3. The molecule has 3 aromatic rings. The quantitative estimate of drug-likeness (QED) is 0.234. The summed E-state index contributed by atoms with van der Waals surface area (Å²) >= 11 is 4.98. The van der Waals surface area contributed by atoms with Crippen LogP contribution in [0.5, 0.6) is 11.5 Å². The van der Waals surface area contributed by atoms with Gasteiger partial charge < -0.3 is 14.2 Å². The Morgan fingerprint density at radius 1 is 1.15 bits per heavy atom. The molecule has 2 aromatic carbocycles. The fourth-order valence-corrected chi connectivity index (χ4v) is 6.14. The molecule has 174 valence electrons. The largest absolute Gasteiger partial charge is 0.493 e. The molecule has 1 fully saturated rings. The third-order valence-corrected chi connectivity index (χ3v) is 7.92. The number of hydrogen-bond donors (Lipinski definition) is 1. The zero-order valence-electron chi connectivity index (χ0n) is 18.3.